The number of nitrogens with zero attached hydrogens (tertiary/aromatic N) is 1. The SMILES string of the molecule is CC(C)C1=Cc2c(-c3cnc4ccccc4c3)cccc2[CH]1[Zr]([CH3])([CH3])(=[SiH2])[CH]1C=Cc2ccccc21.Cl.Cl. The quantitative estimate of drug-likeness (QED) is 0.207. The second kappa shape index (κ2) is 10.1. The average Bonchev–Trinajstić information content (AvgIpc) is 3.47. The number of allylic oxidation sites excluding steroid dienone is 2. The molecule has 2 atom stereocenters. The van der Waals surface area contributed by atoms with Crippen LogP contribution in [0.4, 0.5) is 0 Å². The third kappa shape index (κ3) is 4.57. The number of hydrogen-bond donors (Lipinski definition) is 0. The Morgan fingerprint density at radius 3 is 2.35 bits per heavy atom. The molecule has 2 aliphatic carbocycles. The first-order valence-electron chi connectivity index (χ1n) is 12.8. The zero-order chi connectivity index (χ0) is 24.4. The summed E-state index contributed by atoms with van der Waals surface area (Å²) in [6, 6.07) is 26.8. The van der Waals surface area contributed by atoms with Crippen molar-refractivity contribution in [3.05, 3.63) is 113 Å². The fraction of sp³-hybridized carbons (Fsp3) is 0.219. The van der Waals surface area contributed by atoms with E-state index in [4.69, 9.17) is 4.98 Å². The molecule has 37 heavy (non-hydrogen) atoms. The third-order valence-corrected chi connectivity index (χ3v) is 26.0. The van der Waals surface area contributed by atoms with Gasteiger partial charge in [-0.05, 0) is 0 Å². The van der Waals surface area contributed by atoms with Crippen LogP contribution in [0, 0.1) is 5.92 Å². The minimum absolute atomic E-state index is 0. The number of aromatic nitrogens is 1. The van der Waals surface area contributed by atoms with Gasteiger partial charge < -0.3 is 0 Å². The Bertz CT molecular complexity index is 1630. The van der Waals surface area contributed by atoms with Crippen molar-refractivity contribution in [1.29, 1.82) is 0 Å². The van der Waals surface area contributed by atoms with Gasteiger partial charge in [0.05, 0.1) is 0 Å². The van der Waals surface area contributed by atoms with Crippen molar-refractivity contribution < 1.29 is 17.4 Å². The molecule has 0 aliphatic heterocycles. The molecule has 5 heteroatoms. The summed E-state index contributed by atoms with van der Waals surface area (Å²) in [4.78, 5) is 4.79. The zero-order valence-corrected chi connectivity index (χ0v) is 27.4. The first-order valence-corrected chi connectivity index (χ1v) is 26.4. The molecular formula is C32H35Cl2NSiZr. The average molecular weight is 624 g/mol. The molecule has 2 unspecified atom stereocenters. The molecule has 3 aromatic carbocycles. The van der Waals surface area contributed by atoms with Crippen LogP contribution in [-0.4, -0.2) is 11.9 Å². The summed E-state index contributed by atoms with van der Waals surface area (Å²) in [5.41, 5.74) is 11.1. The Morgan fingerprint density at radius 2 is 1.57 bits per heavy atom. The van der Waals surface area contributed by atoms with E-state index in [9.17, 15) is 0 Å². The summed E-state index contributed by atoms with van der Waals surface area (Å²) in [5, 5.41) is 1.20. The number of pyridine rings is 1. The molecule has 1 aromatic heterocycles. The van der Waals surface area contributed by atoms with Gasteiger partial charge in [-0.2, -0.15) is 0 Å². The van der Waals surface area contributed by atoms with Crippen LogP contribution in [0.2, 0.25) is 9.26 Å². The molecule has 0 spiro atoms. The van der Waals surface area contributed by atoms with Crippen molar-refractivity contribution in [3.63, 3.8) is 0 Å². The largest absolute Gasteiger partial charge is 0.147 e. The van der Waals surface area contributed by atoms with Crippen LogP contribution in [-0.2, 0) is 17.4 Å². The van der Waals surface area contributed by atoms with Crippen LogP contribution in [0.5, 0.6) is 0 Å². The summed E-state index contributed by atoms with van der Waals surface area (Å²) in [7, 11) is 0. The molecule has 1 heterocycles. The summed E-state index contributed by atoms with van der Waals surface area (Å²) >= 11 is -3.41. The van der Waals surface area contributed by atoms with Crippen molar-refractivity contribution in [2.24, 2.45) is 5.92 Å². The molecule has 0 saturated carbocycles. The van der Waals surface area contributed by atoms with Crippen molar-refractivity contribution >= 4 is 54.7 Å². The first kappa shape index (κ1) is 28.2. The second-order valence-corrected chi connectivity index (χ2v) is 42.4. The Labute approximate surface area is 235 Å². The van der Waals surface area contributed by atoms with Crippen LogP contribution < -0.4 is 0 Å². The van der Waals surface area contributed by atoms with Gasteiger partial charge >= 0.3 is 213 Å². The van der Waals surface area contributed by atoms with Gasteiger partial charge in [0, 0.05) is 0 Å². The molecular weight excluding hydrogens is 589 g/mol. The third-order valence-electron chi connectivity index (χ3n) is 8.43. The van der Waals surface area contributed by atoms with Crippen molar-refractivity contribution in [2.45, 2.75) is 30.4 Å². The van der Waals surface area contributed by atoms with E-state index in [1.165, 1.54) is 27.6 Å². The predicted molar refractivity (Wildman–Crippen MR) is 166 cm³/mol. The molecule has 0 radical (unpaired) electrons. The second-order valence-electron chi connectivity index (χ2n) is 11.9. The van der Waals surface area contributed by atoms with Crippen LogP contribution >= 0.6 is 24.8 Å². The number of para-hydroxylation sites is 1. The summed E-state index contributed by atoms with van der Waals surface area (Å²) in [5.74, 6) is 0.521. The van der Waals surface area contributed by atoms with Crippen LogP contribution in [0.3, 0.4) is 0 Å². The van der Waals surface area contributed by atoms with Gasteiger partial charge in [0.25, 0.3) is 0 Å². The van der Waals surface area contributed by atoms with Gasteiger partial charge in [-0.25, -0.2) is 0 Å². The molecule has 190 valence electrons. The number of benzene rings is 3. The normalized spacial score (nSPS) is 18.2. The van der Waals surface area contributed by atoms with E-state index in [-0.39, 0.29) is 24.8 Å². The number of hydrogen-bond acceptors (Lipinski definition) is 1. The van der Waals surface area contributed by atoms with Crippen molar-refractivity contribution in [1.82, 2.24) is 4.98 Å². The number of rotatable bonds is 4. The van der Waals surface area contributed by atoms with Crippen molar-refractivity contribution in [3.8, 4) is 11.1 Å². The minimum Gasteiger partial charge on any atom is -0.147 e. The maximum absolute atomic E-state index is 4.79. The standard InChI is InChI=1S/C21H18N.C9H7.2CH3.2ClH.H2Si.Zr/c1-14(2)17-10-15-7-5-8-19(20(15)12-17)18-11-16-6-3-4-9-21(16)22-13-18;1-2-5-9-7-3-6-8(9)4-1;;;;;;/h3-14H,1-2H3;1-7H;2*1H3;2*1H;1H2;. The minimum atomic E-state index is -3.41. The van der Waals surface area contributed by atoms with Gasteiger partial charge in [-0.3, -0.25) is 0 Å². The molecule has 6 rings (SSSR count). The number of halogens is 2. The Kier molecular flexibility index (Phi) is 7.70. The molecule has 0 fully saturated rings. The molecule has 0 N–H and O–H groups in total. The molecule has 0 bridgehead atoms. The topological polar surface area (TPSA) is 12.9 Å². The van der Waals surface area contributed by atoms with Crippen LogP contribution in [0.15, 0.2) is 90.6 Å². The van der Waals surface area contributed by atoms with Crippen LogP contribution in [0.25, 0.3) is 34.2 Å². The Balaban J connectivity index is 0.00000160. The molecule has 2 aliphatic rings. The summed E-state index contributed by atoms with van der Waals surface area (Å²) in [6.45, 7) is 7.18. The monoisotopic (exact) mass is 621 g/mol. The number of fused-ring (bicyclic) bond motifs is 3. The fourth-order valence-corrected chi connectivity index (χ4v) is 24.2. The maximum Gasteiger partial charge on any atom is -0.147 e. The van der Waals surface area contributed by atoms with E-state index in [1.54, 1.807) is 16.7 Å². The van der Waals surface area contributed by atoms with Crippen LogP contribution in [0.1, 0.15) is 43.4 Å². The molecule has 0 saturated heterocycles. The van der Waals surface area contributed by atoms with E-state index in [0.29, 0.717) is 13.2 Å². The zero-order valence-electron chi connectivity index (χ0n) is 21.9. The van der Waals surface area contributed by atoms with Gasteiger partial charge in [0.15, 0.2) is 0 Å². The predicted octanol–water partition coefficient (Wildman–Crippen LogP) is 8.94. The van der Waals surface area contributed by atoms with Gasteiger partial charge in [-0.1, -0.05) is 0 Å². The molecule has 0 amide bonds. The maximum atomic E-state index is 4.79. The van der Waals surface area contributed by atoms with E-state index in [1.807, 2.05) is 0 Å². The van der Waals surface area contributed by atoms with E-state index >= 15 is 0 Å². The van der Waals surface area contributed by atoms with Gasteiger partial charge in [0.2, 0.25) is 0 Å². The summed E-state index contributed by atoms with van der Waals surface area (Å²) < 4.78 is 6.52. The molecule has 4 aromatic rings. The molecule has 1 nitrogen and oxygen atoms in total. The Hall–Kier alpha value is -1.77. The van der Waals surface area contributed by atoms with E-state index in [0.717, 1.165) is 5.52 Å². The first-order chi connectivity index (χ1) is 16.7. The van der Waals surface area contributed by atoms with E-state index < -0.39 is 17.4 Å². The van der Waals surface area contributed by atoms with Gasteiger partial charge in [-0.15, -0.1) is 24.8 Å². The van der Waals surface area contributed by atoms with E-state index in [2.05, 4.69) is 127 Å². The Morgan fingerprint density at radius 1 is 0.865 bits per heavy atom. The summed E-state index contributed by atoms with van der Waals surface area (Å²) in [6.07, 6.45) is 9.52. The fourth-order valence-electron chi connectivity index (χ4n) is 6.71. The smallest absolute Gasteiger partial charge is 0.147 e. The van der Waals surface area contributed by atoms with Gasteiger partial charge in [0.1, 0.15) is 0 Å². The van der Waals surface area contributed by atoms with Crippen molar-refractivity contribution in [2.75, 3.05) is 0 Å².